The van der Waals surface area contributed by atoms with Crippen molar-refractivity contribution in [2.45, 2.75) is 26.2 Å². The zero-order valence-electron chi connectivity index (χ0n) is 9.95. The third kappa shape index (κ3) is 2.55. The summed E-state index contributed by atoms with van der Waals surface area (Å²) in [6, 6.07) is 0. The van der Waals surface area contributed by atoms with Crippen LogP contribution >= 0.6 is 0 Å². The average molecular weight is 227 g/mol. The van der Waals surface area contributed by atoms with Gasteiger partial charge in [-0.2, -0.15) is 0 Å². The third-order valence-electron chi connectivity index (χ3n) is 3.83. The Hall–Kier alpha value is -0.610. The largest absolute Gasteiger partial charge is 0.396 e. The van der Waals surface area contributed by atoms with Crippen LogP contribution in [-0.2, 0) is 9.53 Å². The summed E-state index contributed by atoms with van der Waals surface area (Å²) in [7, 11) is 0. The van der Waals surface area contributed by atoms with Crippen molar-refractivity contribution in [3.63, 3.8) is 0 Å². The first-order chi connectivity index (χ1) is 7.63. The third-order valence-corrected chi connectivity index (χ3v) is 3.83. The fourth-order valence-electron chi connectivity index (χ4n) is 2.61. The van der Waals surface area contributed by atoms with E-state index in [9.17, 15) is 4.79 Å². The van der Waals surface area contributed by atoms with Crippen molar-refractivity contribution >= 4 is 5.91 Å². The zero-order chi connectivity index (χ0) is 11.6. The Labute approximate surface area is 96.6 Å². The van der Waals surface area contributed by atoms with Crippen LogP contribution in [-0.4, -0.2) is 48.8 Å². The second-order valence-electron chi connectivity index (χ2n) is 5.45. The number of carbonyl (C=O) groups excluding carboxylic acids is 1. The number of rotatable bonds is 3. The van der Waals surface area contributed by atoms with Gasteiger partial charge in [-0.15, -0.1) is 0 Å². The van der Waals surface area contributed by atoms with Gasteiger partial charge in [0.25, 0.3) is 0 Å². The summed E-state index contributed by atoms with van der Waals surface area (Å²) in [5, 5.41) is 9.07. The molecule has 2 saturated heterocycles. The predicted molar refractivity (Wildman–Crippen MR) is 59.9 cm³/mol. The molecule has 0 aromatic carbocycles. The first kappa shape index (κ1) is 11.9. The Morgan fingerprint density at radius 2 is 2.19 bits per heavy atom. The van der Waals surface area contributed by atoms with Crippen LogP contribution in [0.4, 0.5) is 0 Å². The molecule has 0 spiro atoms. The quantitative estimate of drug-likeness (QED) is 0.770. The van der Waals surface area contributed by atoms with Gasteiger partial charge < -0.3 is 14.7 Å². The number of hydrogen-bond acceptors (Lipinski definition) is 3. The fourth-order valence-corrected chi connectivity index (χ4v) is 2.61. The zero-order valence-corrected chi connectivity index (χ0v) is 9.95. The maximum Gasteiger partial charge on any atom is 0.223 e. The topological polar surface area (TPSA) is 49.8 Å². The number of aliphatic hydroxyl groups is 1. The smallest absolute Gasteiger partial charge is 0.223 e. The monoisotopic (exact) mass is 227 g/mol. The Morgan fingerprint density at radius 3 is 2.75 bits per heavy atom. The van der Waals surface area contributed by atoms with E-state index < -0.39 is 0 Å². The number of likely N-dealkylation sites (tertiary alicyclic amines) is 1. The highest BCUT2D eigenvalue weighted by Gasteiger charge is 2.35. The summed E-state index contributed by atoms with van der Waals surface area (Å²) < 4.78 is 5.36. The number of aliphatic hydroxyl groups excluding tert-OH is 1. The average Bonchev–Trinajstić information content (AvgIpc) is 2.60. The van der Waals surface area contributed by atoms with Crippen LogP contribution in [0.3, 0.4) is 0 Å². The molecule has 2 aliphatic heterocycles. The maximum atomic E-state index is 11.7. The number of amides is 1. The van der Waals surface area contributed by atoms with Crippen LogP contribution in [0.5, 0.6) is 0 Å². The Morgan fingerprint density at radius 1 is 1.50 bits per heavy atom. The summed E-state index contributed by atoms with van der Waals surface area (Å²) in [6.45, 7) is 5.53. The van der Waals surface area contributed by atoms with E-state index in [-0.39, 0.29) is 23.8 Å². The van der Waals surface area contributed by atoms with Crippen molar-refractivity contribution in [3.8, 4) is 0 Å². The van der Waals surface area contributed by atoms with E-state index >= 15 is 0 Å². The van der Waals surface area contributed by atoms with Gasteiger partial charge in [-0.3, -0.25) is 4.79 Å². The Bertz CT molecular complexity index is 261. The number of ether oxygens (including phenoxy) is 1. The van der Waals surface area contributed by atoms with Crippen LogP contribution in [0, 0.1) is 11.3 Å². The highest BCUT2D eigenvalue weighted by Crippen LogP contribution is 2.32. The van der Waals surface area contributed by atoms with Gasteiger partial charge in [-0.1, -0.05) is 6.92 Å². The molecule has 1 amide bonds. The molecule has 4 heteroatoms. The minimum absolute atomic E-state index is 0.127. The van der Waals surface area contributed by atoms with Gasteiger partial charge in [-0.05, 0) is 18.3 Å². The van der Waals surface area contributed by atoms with Crippen molar-refractivity contribution in [2.75, 3.05) is 32.9 Å². The van der Waals surface area contributed by atoms with E-state index in [0.29, 0.717) is 6.42 Å². The van der Waals surface area contributed by atoms with Crippen LogP contribution in [0.2, 0.25) is 0 Å². The molecule has 0 bridgehead atoms. The SMILES string of the molecule is CC1(CN2CC(CO)CC2=O)CCOCC1. The molecule has 0 aromatic heterocycles. The summed E-state index contributed by atoms with van der Waals surface area (Å²) in [6.07, 6.45) is 2.57. The first-order valence-corrected chi connectivity index (χ1v) is 6.09. The van der Waals surface area contributed by atoms with Crippen molar-refractivity contribution in [1.82, 2.24) is 4.90 Å². The van der Waals surface area contributed by atoms with Gasteiger partial charge in [0.05, 0.1) is 0 Å². The number of nitrogens with zero attached hydrogens (tertiary/aromatic N) is 1. The van der Waals surface area contributed by atoms with Gasteiger partial charge in [0.2, 0.25) is 5.91 Å². The standard InChI is InChI=1S/C12H21NO3/c1-12(2-4-16-5-3-12)9-13-7-10(8-14)6-11(13)15/h10,14H,2-9H2,1H3. The number of carbonyl (C=O) groups is 1. The summed E-state index contributed by atoms with van der Waals surface area (Å²) in [4.78, 5) is 13.7. The highest BCUT2D eigenvalue weighted by molar-refractivity contribution is 5.78. The lowest BCUT2D eigenvalue weighted by molar-refractivity contribution is -0.130. The van der Waals surface area contributed by atoms with Gasteiger partial charge in [0.1, 0.15) is 0 Å². The first-order valence-electron chi connectivity index (χ1n) is 6.09. The molecule has 0 radical (unpaired) electrons. The van der Waals surface area contributed by atoms with E-state index in [2.05, 4.69) is 6.92 Å². The van der Waals surface area contributed by atoms with E-state index in [1.807, 2.05) is 4.90 Å². The minimum atomic E-state index is 0.127. The summed E-state index contributed by atoms with van der Waals surface area (Å²) in [5.41, 5.74) is 0.207. The molecule has 0 aromatic rings. The lowest BCUT2D eigenvalue weighted by Crippen LogP contribution is -2.40. The van der Waals surface area contributed by atoms with Crippen LogP contribution in [0.1, 0.15) is 26.2 Å². The molecule has 1 atom stereocenters. The predicted octanol–water partition coefficient (Wildman–Crippen LogP) is 0.644. The molecule has 2 fully saturated rings. The highest BCUT2D eigenvalue weighted by atomic mass is 16.5. The second-order valence-corrected chi connectivity index (χ2v) is 5.45. The molecule has 0 aliphatic carbocycles. The van der Waals surface area contributed by atoms with Crippen LogP contribution < -0.4 is 0 Å². The van der Waals surface area contributed by atoms with Crippen molar-refractivity contribution in [1.29, 1.82) is 0 Å². The number of hydrogen-bond donors (Lipinski definition) is 1. The second kappa shape index (κ2) is 4.72. The molecule has 0 saturated carbocycles. The molecule has 4 nitrogen and oxygen atoms in total. The molecule has 92 valence electrons. The minimum Gasteiger partial charge on any atom is -0.396 e. The molecular weight excluding hydrogens is 206 g/mol. The Kier molecular flexibility index (Phi) is 3.50. The van der Waals surface area contributed by atoms with Gasteiger partial charge in [0.15, 0.2) is 0 Å². The lowest BCUT2D eigenvalue weighted by Gasteiger charge is -2.36. The van der Waals surface area contributed by atoms with Crippen molar-refractivity contribution in [3.05, 3.63) is 0 Å². The van der Waals surface area contributed by atoms with E-state index in [1.54, 1.807) is 0 Å². The molecule has 2 rings (SSSR count). The summed E-state index contributed by atoms with van der Waals surface area (Å²) >= 11 is 0. The van der Waals surface area contributed by atoms with Gasteiger partial charge >= 0.3 is 0 Å². The van der Waals surface area contributed by atoms with Gasteiger partial charge in [0, 0.05) is 45.2 Å². The van der Waals surface area contributed by atoms with Crippen LogP contribution in [0.15, 0.2) is 0 Å². The Balaban J connectivity index is 1.91. The van der Waals surface area contributed by atoms with E-state index in [0.717, 1.165) is 39.1 Å². The maximum absolute atomic E-state index is 11.7. The van der Waals surface area contributed by atoms with Crippen molar-refractivity contribution < 1.29 is 14.6 Å². The molecule has 2 heterocycles. The normalized spacial score (nSPS) is 29.8. The van der Waals surface area contributed by atoms with Crippen LogP contribution in [0.25, 0.3) is 0 Å². The van der Waals surface area contributed by atoms with Crippen molar-refractivity contribution in [2.24, 2.45) is 11.3 Å². The van der Waals surface area contributed by atoms with E-state index in [4.69, 9.17) is 9.84 Å². The lowest BCUT2D eigenvalue weighted by atomic mass is 9.82. The van der Waals surface area contributed by atoms with E-state index in [1.165, 1.54) is 0 Å². The molecule has 1 unspecified atom stereocenters. The molecule has 16 heavy (non-hydrogen) atoms. The fraction of sp³-hybridized carbons (Fsp3) is 0.917. The summed E-state index contributed by atoms with van der Waals surface area (Å²) in [5.74, 6) is 0.350. The molecular formula is C12H21NO3. The van der Waals surface area contributed by atoms with Gasteiger partial charge in [-0.25, -0.2) is 0 Å². The molecule has 2 aliphatic rings. The molecule has 1 N–H and O–H groups in total.